The summed E-state index contributed by atoms with van der Waals surface area (Å²) in [6.07, 6.45) is 120. The molecule has 2 unspecified atom stereocenters. The number of quaternary nitrogens is 1. The van der Waals surface area contributed by atoms with Gasteiger partial charge >= 0.3 is 17.9 Å². The number of allylic oxidation sites excluding steroid dienone is 26. The van der Waals surface area contributed by atoms with Gasteiger partial charge in [-0.3, -0.25) is 9.59 Å². The number of aliphatic carboxylic acids is 1. The third-order valence-electron chi connectivity index (χ3n) is 18.3. The Balaban J connectivity index is 4.00. The van der Waals surface area contributed by atoms with Gasteiger partial charge in [0.2, 0.25) is 0 Å². The molecule has 0 saturated heterocycles. The predicted octanol–water partition coefficient (Wildman–Crippen LogP) is 27.9. The zero-order chi connectivity index (χ0) is 74.6. The van der Waals surface area contributed by atoms with Crippen LogP contribution in [0.1, 0.15) is 361 Å². The van der Waals surface area contributed by atoms with Gasteiger partial charge in [-0.05, 0) is 122 Å². The quantitative estimate of drug-likeness (QED) is 0.0211. The molecule has 9 heteroatoms. The molecule has 0 aromatic heterocycles. The predicted molar refractivity (Wildman–Crippen MR) is 447 cm³/mol. The molecule has 9 nitrogen and oxygen atoms in total. The number of esters is 2. The highest BCUT2D eigenvalue weighted by Crippen LogP contribution is 2.19. The highest BCUT2D eigenvalue weighted by atomic mass is 16.7. The number of carboxylic acid groups (broad SMARTS) is 1. The Morgan fingerprint density at radius 3 is 0.777 bits per heavy atom. The molecular weight excluding hydrogens is 1270 g/mol. The molecule has 1 N–H and O–H groups in total. The van der Waals surface area contributed by atoms with E-state index in [2.05, 4.69) is 172 Å². The number of hydrogen-bond donors (Lipinski definition) is 1. The van der Waals surface area contributed by atoms with Crippen LogP contribution in [-0.2, 0) is 33.3 Å². The van der Waals surface area contributed by atoms with Crippen LogP contribution in [0.5, 0.6) is 0 Å². The number of nitrogens with zero attached hydrogens (tertiary/aromatic N) is 1. The monoisotopic (exact) mass is 1430 g/mol. The lowest BCUT2D eigenvalue weighted by Gasteiger charge is -2.25. The number of carboxylic acids is 1. The standard InChI is InChI=1S/C94H159NO8/c1-6-8-10-12-14-16-18-20-22-24-26-28-30-32-34-36-38-40-42-44-46-48-50-52-54-56-58-60-62-64-66-68-70-72-74-76-78-80-82-84-91(96)101-88-90(89-102-94(93(98)99)100-87-86-95(3,4)5)103-92(97)85-83-81-79-77-75-73-71-69-67-65-63-61-59-57-55-53-51-49-47-45-43-41-39-37-35-33-31-29-27-25-23-21-19-17-15-13-11-9-7-2/h8-11,14-17,20-23,26-29,32-35,39,41,45,47,51,53,90,94H,6-7,12-13,18-19,24-25,30-31,36-38,40,42-44,46,48-50,52,54-89H2,1-5H3/p+1/b10-8-,11-9-,16-14-,17-15-,22-20-,23-21-,28-26-,29-27-,34-32-,35-33-,41-39-,47-45-,53-51-. The van der Waals surface area contributed by atoms with E-state index >= 15 is 0 Å². The topological polar surface area (TPSA) is 108 Å². The van der Waals surface area contributed by atoms with Crippen LogP contribution >= 0.6 is 0 Å². The number of ether oxygens (including phenoxy) is 4. The Bertz CT molecular complexity index is 2270. The molecule has 0 spiro atoms. The zero-order valence-corrected chi connectivity index (χ0v) is 67.4. The van der Waals surface area contributed by atoms with Gasteiger partial charge in [-0.2, -0.15) is 0 Å². The van der Waals surface area contributed by atoms with Gasteiger partial charge in [0.05, 0.1) is 34.4 Å². The molecule has 0 aliphatic rings. The SMILES string of the molecule is CC/C=C\C/C=C\C/C=C\C/C=C\C/C=C\C/C=C\C/C=C\C/C=C\CCCCCCCCCCCCCCCCC(=O)OC(COC(=O)CCCCCCCCCCCCCCCCCCCCCCCCC/C=C\C/C=C\C/C=C\C/C=C\C/C=C\CC)COC(OCC[N+](C)(C)C)C(=O)O. The molecule has 0 heterocycles. The number of rotatable bonds is 78. The number of carbonyl (C=O) groups is 3. The van der Waals surface area contributed by atoms with E-state index in [0.29, 0.717) is 23.9 Å². The van der Waals surface area contributed by atoms with Crippen molar-refractivity contribution in [2.24, 2.45) is 0 Å². The van der Waals surface area contributed by atoms with Gasteiger partial charge in [0.1, 0.15) is 13.2 Å². The van der Waals surface area contributed by atoms with Crippen LogP contribution in [0.25, 0.3) is 0 Å². The Labute approximate surface area is 635 Å². The van der Waals surface area contributed by atoms with E-state index in [9.17, 15) is 19.5 Å². The molecule has 0 amide bonds. The van der Waals surface area contributed by atoms with Crippen LogP contribution in [0.3, 0.4) is 0 Å². The minimum Gasteiger partial charge on any atom is -0.477 e. The van der Waals surface area contributed by atoms with Gasteiger partial charge in [-0.25, -0.2) is 4.79 Å². The number of unbranched alkanes of at least 4 members (excludes halogenated alkanes) is 37. The van der Waals surface area contributed by atoms with Crippen molar-refractivity contribution in [3.8, 4) is 0 Å². The maximum atomic E-state index is 13.0. The molecule has 2 atom stereocenters. The summed E-state index contributed by atoms with van der Waals surface area (Å²) in [5, 5.41) is 9.79. The first-order valence-electron chi connectivity index (χ1n) is 42.6. The van der Waals surface area contributed by atoms with Crippen molar-refractivity contribution in [2.45, 2.75) is 373 Å². The third kappa shape index (κ3) is 84.1. The summed E-state index contributed by atoms with van der Waals surface area (Å²) in [5.41, 5.74) is 0. The minimum absolute atomic E-state index is 0.184. The second-order valence-electron chi connectivity index (χ2n) is 29.4. The molecule has 0 aliphatic heterocycles. The molecule has 0 aromatic rings. The molecule has 588 valence electrons. The smallest absolute Gasteiger partial charge is 0.361 e. The zero-order valence-electron chi connectivity index (χ0n) is 67.4. The van der Waals surface area contributed by atoms with Crippen molar-refractivity contribution < 1.29 is 42.9 Å². The lowest BCUT2D eigenvalue weighted by Crippen LogP contribution is -2.40. The van der Waals surface area contributed by atoms with E-state index in [1.165, 1.54) is 205 Å². The van der Waals surface area contributed by atoms with Crippen LogP contribution < -0.4 is 0 Å². The first-order chi connectivity index (χ1) is 50.6. The normalized spacial score (nSPS) is 13.4. The van der Waals surface area contributed by atoms with Gasteiger partial charge in [0.25, 0.3) is 6.29 Å². The summed E-state index contributed by atoms with van der Waals surface area (Å²) >= 11 is 0. The van der Waals surface area contributed by atoms with Crippen molar-refractivity contribution in [1.29, 1.82) is 0 Å². The summed E-state index contributed by atoms with van der Waals surface area (Å²) in [6.45, 7) is 4.68. The lowest BCUT2D eigenvalue weighted by molar-refractivity contribution is -0.870. The van der Waals surface area contributed by atoms with Gasteiger partial charge in [0.15, 0.2) is 6.10 Å². The van der Waals surface area contributed by atoms with Gasteiger partial charge in [-0.1, -0.05) is 384 Å². The van der Waals surface area contributed by atoms with Gasteiger partial charge < -0.3 is 28.5 Å². The Morgan fingerprint density at radius 1 is 0.291 bits per heavy atom. The van der Waals surface area contributed by atoms with Crippen LogP contribution in [-0.4, -0.2) is 87.4 Å². The fraction of sp³-hybridized carbons (Fsp3) is 0.691. The van der Waals surface area contributed by atoms with Crippen LogP contribution in [0.2, 0.25) is 0 Å². The van der Waals surface area contributed by atoms with E-state index < -0.39 is 24.3 Å². The van der Waals surface area contributed by atoms with Crippen LogP contribution in [0.15, 0.2) is 158 Å². The summed E-state index contributed by atoms with van der Waals surface area (Å²) in [4.78, 5) is 37.8. The van der Waals surface area contributed by atoms with Gasteiger partial charge in [0, 0.05) is 12.8 Å². The maximum Gasteiger partial charge on any atom is 0.361 e. The van der Waals surface area contributed by atoms with Crippen molar-refractivity contribution >= 4 is 17.9 Å². The number of carbonyl (C=O) groups excluding carboxylic acids is 2. The molecule has 0 aliphatic carbocycles. The molecule has 0 bridgehead atoms. The first kappa shape index (κ1) is 97.9. The van der Waals surface area contributed by atoms with Crippen molar-refractivity contribution in [3.05, 3.63) is 158 Å². The van der Waals surface area contributed by atoms with E-state index in [4.69, 9.17) is 18.9 Å². The third-order valence-corrected chi connectivity index (χ3v) is 18.3. The van der Waals surface area contributed by atoms with Crippen molar-refractivity contribution in [1.82, 2.24) is 0 Å². The molecule has 0 saturated carbocycles. The minimum atomic E-state index is -1.52. The van der Waals surface area contributed by atoms with Crippen LogP contribution in [0.4, 0.5) is 0 Å². The summed E-state index contributed by atoms with van der Waals surface area (Å²) < 4.78 is 23.1. The summed E-state index contributed by atoms with van der Waals surface area (Å²) in [7, 11) is 5.99. The average molecular weight is 1430 g/mol. The molecule has 0 fully saturated rings. The average Bonchev–Trinajstić information content (AvgIpc) is 0.985. The van der Waals surface area contributed by atoms with E-state index in [-0.39, 0.29) is 32.2 Å². The number of likely N-dealkylation sites (N-methyl/N-ethyl adjacent to an activating group) is 1. The maximum absolute atomic E-state index is 13.0. The van der Waals surface area contributed by atoms with Crippen molar-refractivity contribution in [3.63, 3.8) is 0 Å². The van der Waals surface area contributed by atoms with Crippen molar-refractivity contribution in [2.75, 3.05) is 47.5 Å². The van der Waals surface area contributed by atoms with E-state index in [1.54, 1.807) is 0 Å². The van der Waals surface area contributed by atoms with Crippen LogP contribution in [0, 0.1) is 0 Å². The fourth-order valence-corrected chi connectivity index (χ4v) is 11.9. The van der Waals surface area contributed by atoms with E-state index in [0.717, 1.165) is 122 Å². The Morgan fingerprint density at radius 2 is 0.524 bits per heavy atom. The van der Waals surface area contributed by atoms with E-state index in [1.807, 2.05) is 21.1 Å². The molecular formula is C94H160NO8+. The summed E-state index contributed by atoms with van der Waals surface area (Å²) in [5.74, 6) is -1.99. The second-order valence-corrected chi connectivity index (χ2v) is 29.4. The highest BCUT2D eigenvalue weighted by Gasteiger charge is 2.25. The highest BCUT2D eigenvalue weighted by molar-refractivity contribution is 5.71. The summed E-state index contributed by atoms with van der Waals surface area (Å²) in [6, 6.07) is 0. The Hall–Kier alpha value is -5.09. The second kappa shape index (κ2) is 82.6. The lowest BCUT2D eigenvalue weighted by atomic mass is 10.0. The molecule has 103 heavy (non-hydrogen) atoms. The molecule has 0 radical (unpaired) electrons. The fourth-order valence-electron chi connectivity index (χ4n) is 11.9. The van der Waals surface area contributed by atoms with Gasteiger partial charge in [-0.15, -0.1) is 0 Å². The number of hydrogen-bond acceptors (Lipinski definition) is 7. The molecule has 0 rings (SSSR count). The first-order valence-corrected chi connectivity index (χ1v) is 42.6. The Kier molecular flexibility index (Phi) is 78.5. The largest absolute Gasteiger partial charge is 0.477 e. The molecule has 0 aromatic carbocycles.